The zero-order valence-electron chi connectivity index (χ0n) is 13.3. The topological polar surface area (TPSA) is 35.5 Å². The van der Waals surface area contributed by atoms with Crippen molar-refractivity contribution in [2.75, 3.05) is 7.11 Å². The Kier molecular flexibility index (Phi) is 4.21. The molecule has 1 aromatic carbocycles. The van der Waals surface area contributed by atoms with Crippen LogP contribution in [-0.4, -0.2) is 18.7 Å². The van der Waals surface area contributed by atoms with Crippen molar-refractivity contribution >= 4 is 11.5 Å². The van der Waals surface area contributed by atoms with E-state index in [0.717, 1.165) is 17.7 Å². The van der Waals surface area contributed by atoms with Gasteiger partial charge in [-0.25, -0.2) is 4.79 Å². The molecule has 0 aromatic heterocycles. The lowest BCUT2D eigenvalue weighted by Crippen LogP contribution is -2.22. The largest absolute Gasteiger partial charge is 0.497 e. The van der Waals surface area contributed by atoms with Crippen LogP contribution in [-0.2, 0) is 16.0 Å². The van der Waals surface area contributed by atoms with E-state index in [0.29, 0.717) is 0 Å². The Morgan fingerprint density at radius 1 is 1.29 bits per heavy atom. The van der Waals surface area contributed by atoms with Gasteiger partial charge in [0.1, 0.15) is 11.4 Å². The van der Waals surface area contributed by atoms with Crippen LogP contribution >= 0.6 is 0 Å². The molecule has 0 N–H and O–H groups in total. The third-order valence-electron chi connectivity index (χ3n) is 3.41. The molecule has 0 amide bonds. The summed E-state index contributed by atoms with van der Waals surface area (Å²) in [5.41, 5.74) is 4.32. The molecule has 0 atom stereocenters. The maximum atomic E-state index is 11.7. The third-order valence-corrected chi connectivity index (χ3v) is 3.41. The number of methoxy groups -OCH3 is 1. The van der Waals surface area contributed by atoms with E-state index in [4.69, 9.17) is 9.47 Å². The molecule has 0 spiro atoms. The number of esters is 1. The second-order valence-electron chi connectivity index (χ2n) is 6.22. The smallest absolute Gasteiger partial charge is 0.331 e. The first kappa shape index (κ1) is 15.4. The lowest BCUT2D eigenvalue weighted by Gasteiger charge is -2.17. The maximum absolute atomic E-state index is 11.7. The van der Waals surface area contributed by atoms with Crippen molar-refractivity contribution in [3.63, 3.8) is 0 Å². The van der Waals surface area contributed by atoms with Gasteiger partial charge in [-0.15, -0.1) is 0 Å². The van der Waals surface area contributed by atoms with Gasteiger partial charge in [-0.05, 0) is 68.5 Å². The van der Waals surface area contributed by atoms with Crippen molar-refractivity contribution in [2.24, 2.45) is 0 Å². The fraction of sp³-hybridized carbons (Fsp3) is 0.389. The number of ether oxygens (including phenoxy) is 2. The number of rotatable bonds is 3. The Morgan fingerprint density at radius 3 is 2.62 bits per heavy atom. The van der Waals surface area contributed by atoms with E-state index < -0.39 is 5.60 Å². The van der Waals surface area contributed by atoms with E-state index in [2.05, 4.69) is 13.0 Å². The molecule has 112 valence electrons. The first-order valence-electron chi connectivity index (χ1n) is 7.08. The Balaban J connectivity index is 2.15. The van der Waals surface area contributed by atoms with Gasteiger partial charge in [0.15, 0.2) is 0 Å². The second-order valence-corrected chi connectivity index (χ2v) is 6.22. The standard InChI is InChI=1S/C18H22O3/c1-12-13(7-9-17(19)21-18(2,3)4)10-14-6-8-15(20-5)11-16(12)14/h6-9,11H,10H2,1-5H3/b9-7+. The van der Waals surface area contributed by atoms with Crippen molar-refractivity contribution in [2.45, 2.75) is 39.7 Å². The van der Waals surface area contributed by atoms with Crippen LogP contribution in [0.3, 0.4) is 0 Å². The van der Waals surface area contributed by atoms with Gasteiger partial charge in [0.25, 0.3) is 0 Å². The Morgan fingerprint density at radius 2 is 2.00 bits per heavy atom. The van der Waals surface area contributed by atoms with Gasteiger partial charge >= 0.3 is 5.97 Å². The zero-order chi connectivity index (χ0) is 15.6. The molecule has 21 heavy (non-hydrogen) atoms. The molecular weight excluding hydrogens is 264 g/mol. The molecule has 0 unspecified atom stereocenters. The summed E-state index contributed by atoms with van der Waals surface area (Å²) in [6.45, 7) is 7.66. The van der Waals surface area contributed by atoms with E-state index in [-0.39, 0.29) is 5.97 Å². The highest BCUT2D eigenvalue weighted by atomic mass is 16.6. The highest BCUT2D eigenvalue weighted by Gasteiger charge is 2.18. The summed E-state index contributed by atoms with van der Waals surface area (Å²) < 4.78 is 10.5. The molecule has 0 bridgehead atoms. The maximum Gasteiger partial charge on any atom is 0.331 e. The van der Waals surface area contributed by atoms with Crippen molar-refractivity contribution in [1.29, 1.82) is 0 Å². The molecule has 0 radical (unpaired) electrons. The highest BCUT2D eigenvalue weighted by Crippen LogP contribution is 2.35. The number of allylic oxidation sites excluding steroid dienone is 3. The molecular formula is C18H22O3. The monoisotopic (exact) mass is 286 g/mol. The Labute approximate surface area is 126 Å². The van der Waals surface area contributed by atoms with Crippen LogP contribution < -0.4 is 4.74 Å². The molecule has 0 aliphatic heterocycles. The Bertz CT molecular complexity index is 616. The summed E-state index contributed by atoms with van der Waals surface area (Å²) in [5.74, 6) is 0.543. The molecule has 1 aromatic rings. The summed E-state index contributed by atoms with van der Waals surface area (Å²) in [6.07, 6.45) is 4.20. The molecule has 0 saturated carbocycles. The van der Waals surface area contributed by atoms with Gasteiger partial charge in [0.2, 0.25) is 0 Å². The van der Waals surface area contributed by atoms with E-state index in [9.17, 15) is 4.79 Å². The third kappa shape index (κ3) is 3.75. The SMILES string of the molecule is COc1ccc2c(c1)C(C)=C(/C=C/C(=O)OC(C)(C)C)C2. The summed E-state index contributed by atoms with van der Waals surface area (Å²) in [7, 11) is 1.67. The van der Waals surface area contributed by atoms with Crippen LogP contribution in [0.4, 0.5) is 0 Å². The van der Waals surface area contributed by atoms with E-state index in [1.165, 1.54) is 22.8 Å². The second kappa shape index (κ2) is 5.76. The molecule has 3 nitrogen and oxygen atoms in total. The lowest BCUT2D eigenvalue weighted by atomic mass is 10.1. The Hall–Kier alpha value is -2.03. The number of carbonyl (C=O) groups excluding carboxylic acids is 1. The quantitative estimate of drug-likeness (QED) is 0.624. The van der Waals surface area contributed by atoms with Crippen LogP contribution in [0.1, 0.15) is 38.8 Å². The van der Waals surface area contributed by atoms with Crippen LogP contribution in [0, 0.1) is 0 Å². The van der Waals surface area contributed by atoms with E-state index in [1.54, 1.807) is 7.11 Å². The minimum absolute atomic E-state index is 0.309. The number of fused-ring (bicyclic) bond motifs is 1. The molecule has 0 heterocycles. The minimum atomic E-state index is -0.461. The van der Waals surface area contributed by atoms with Crippen LogP contribution in [0.5, 0.6) is 5.75 Å². The molecule has 1 aliphatic carbocycles. The molecule has 0 fully saturated rings. The van der Waals surface area contributed by atoms with Gasteiger partial charge in [0, 0.05) is 6.08 Å². The van der Waals surface area contributed by atoms with Crippen molar-refractivity contribution < 1.29 is 14.3 Å². The van der Waals surface area contributed by atoms with Crippen LogP contribution in [0.25, 0.3) is 5.57 Å². The number of benzene rings is 1. The number of hydrogen-bond acceptors (Lipinski definition) is 3. The molecule has 0 saturated heterocycles. The lowest BCUT2D eigenvalue weighted by molar-refractivity contribution is -0.148. The summed E-state index contributed by atoms with van der Waals surface area (Å²) >= 11 is 0. The predicted molar refractivity (Wildman–Crippen MR) is 84.3 cm³/mol. The number of carbonyl (C=O) groups is 1. The highest BCUT2D eigenvalue weighted by molar-refractivity contribution is 5.85. The van der Waals surface area contributed by atoms with Gasteiger partial charge in [0.05, 0.1) is 7.11 Å². The first-order valence-corrected chi connectivity index (χ1v) is 7.08. The van der Waals surface area contributed by atoms with Gasteiger partial charge < -0.3 is 9.47 Å². The average molecular weight is 286 g/mol. The fourth-order valence-corrected chi connectivity index (χ4v) is 2.38. The van der Waals surface area contributed by atoms with Crippen LogP contribution in [0.2, 0.25) is 0 Å². The predicted octanol–water partition coefficient (Wildman–Crippen LogP) is 3.92. The van der Waals surface area contributed by atoms with Crippen LogP contribution in [0.15, 0.2) is 35.9 Å². The molecule has 2 rings (SSSR count). The van der Waals surface area contributed by atoms with Crippen molar-refractivity contribution in [3.8, 4) is 5.75 Å². The van der Waals surface area contributed by atoms with Gasteiger partial charge in [-0.2, -0.15) is 0 Å². The fourth-order valence-electron chi connectivity index (χ4n) is 2.38. The summed E-state index contributed by atoms with van der Waals surface area (Å²) in [5, 5.41) is 0. The summed E-state index contributed by atoms with van der Waals surface area (Å²) in [6, 6.07) is 6.08. The van der Waals surface area contributed by atoms with Crippen molar-refractivity contribution in [1.82, 2.24) is 0 Å². The van der Waals surface area contributed by atoms with Gasteiger partial charge in [-0.3, -0.25) is 0 Å². The van der Waals surface area contributed by atoms with E-state index >= 15 is 0 Å². The zero-order valence-corrected chi connectivity index (χ0v) is 13.3. The number of hydrogen-bond donors (Lipinski definition) is 0. The van der Waals surface area contributed by atoms with Crippen molar-refractivity contribution in [3.05, 3.63) is 47.1 Å². The first-order chi connectivity index (χ1) is 9.80. The average Bonchev–Trinajstić information content (AvgIpc) is 2.71. The van der Waals surface area contributed by atoms with E-state index in [1.807, 2.05) is 39.0 Å². The molecule has 1 aliphatic rings. The normalized spacial score (nSPS) is 14.5. The summed E-state index contributed by atoms with van der Waals surface area (Å²) in [4.78, 5) is 11.7. The minimum Gasteiger partial charge on any atom is -0.497 e. The van der Waals surface area contributed by atoms with Gasteiger partial charge in [-0.1, -0.05) is 12.1 Å². The molecule has 3 heteroatoms.